The SMILES string of the molecule is CC/C=C1/CCC/C1=C/CC. The van der Waals surface area contributed by atoms with Crippen molar-refractivity contribution in [3.63, 3.8) is 0 Å². The molecule has 0 aliphatic heterocycles. The van der Waals surface area contributed by atoms with Crippen molar-refractivity contribution in [3.05, 3.63) is 23.3 Å². The Morgan fingerprint density at radius 1 is 1.00 bits per heavy atom. The molecule has 11 heavy (non-hydrogen) atoms. The van der Waals surface area contributed by atoms with E-state index in [1.807, 2.05) is 0 Å². The van der Waals surface area contributed by atoms with Gasteiger partial charge in [0.05, 0.1) is 0 Å². The van der Waals surface area contributed by atoms with Gasteiger partial charge < -0.3 is 0 Å². The largest absolute Gasteiger partial charge is 0.0813 e. The fraction of sp³-hybridized carbons (Fsp3) is 0.636. The maximum absolute atomic E-state index is 2.38. The molecule has 1 saturated carbocycles. The van der Waals surface area contributed by atoms with Crippen LogP contribution < -0.4 is 0 Å². The summed E-state index contributed by atoms with van der Waals surface area (Å²) in [5.74, 6) is 0. The van der Waals surface area contributed by atoms with Crippen molar-refractivity contribution in [1.82, 2.24) is 0 Å². The lowest BCUT2D eigenvalue weighted by molar-refractivity contribution is 0.928. The van der Waals surface area contributed by atoms with E-state index < -0.39 is 0 Å². The summed E-state index contributed by atoms with van der Waals surface area (Å²) in [5.41, 5.74) is 3.24. The zero-order valence-corrected chi connectivity index (χ0v) is 7.69. The third-order valence-electron chi connectivity index (χ3n) is 2.21. The minimum Gasteiger partial charge on any atom is -0.0813 e. The van der Waals surface area contributed by atoms with Crippen molar-refractivity contribution in [2.24, 2.45) is 0 Å². The number of rotatable bonds is 2. The van der Waals surface area contributed by atoms with Gasteiger partial charge in [0.1, 0.15) is 0 Å². The van der Waals surface area contributed by atoms with E-state index in [0.29, 0.717) is 0 Å². The van der Waals surface area contributed by atoms with E-state index in [-0.39, 0.29) is 0 Å². The van der Waals surface area contributed by atoms with Gasteiger partial charge in [-0.25, -0.2) is 0 Å². The number of hydrogen-bond donors (Lipinski definition) is 0. The van der Waals surface area contributed by atoms with Crippen molar-refractivity contribution >= 4 is 0 Å². The molecule has 0 N–H and O–H groups in total. The van der Waals surface area contributed by atoms with Crippen LogP contribution in [0.5, 0.6) is 0 Å². The Balaban J connectivity index is 2.65. The zero-order valence-electron chi connectivity index (χ0n) is 7.69. The molecular formula is C11H18. The molecule has 0 aromatic heterocycles. The van der Waals surface area contributed by atoms with Gasteiger partial charge in [0, 0.05) is 0 Å². The predicted molar refractivity (Wildman–Crippen MR) is 50.6 cm³/mol. The first-order valence-corrected chi connectivity index (χ1v) is 4.77. The lowest BCUT2D eigenvalue weighted by Gasteiger charge is -1.98. The van der Waals surface area contributed by atoms with Gasteiger partial charge in [0.2, 0.25) is 0 Å². The van der Waals surface area contributed by atoms with Crippen LogP contribution in [0.25, 0.3) is 0 Å². The third kappa shape index (κ3) is 2.21. The highest BCUT2D eigenvalue weighted by molar-refractivity contribution is 5.34. The Morgan fingerprint density at radius 3 is 1.82 bits per heavy atom. The van der Waals surface area contributed by atoms with Crippen LogP contribution in [-0.2, 0) is 0 Å². The molecule has 0 nitrogen and oxygen atoms in total. The van der Waals surface area contributed by atoms with Gasteiger partial charge in [-0.15, -0.1) is 0 Å². The van der Waals surface area contributed by atoms with Crippen LogP contribution in [-0.4, -0.2) is 0 Å². The van der Waals surface area contributed by atoms with Crippen LogP contribution in [0.4, 0.5) is 0 Å². The second-order valence-corrected chi connectivity index (χ2v) is 3.13. The molecule has 0 spiro atoms. The molecule has 1 rings (SSSR count). The molecule has 0 aromatic carbocycles. The van der Waals surface area contributed by atoms with Crippen molar-refractivity contribution in [3.8, 4) is 0 Å². The molecule has 0 bridgehead atoms. The predicted octanol–water partition coefficient (Wildman–Crippen LogP) is 3.84. The Kier molecular flexibility index (Phi) is 3.41. The standard InChI is InChI=1S/C11H18/c1-3-6-10-8-5-9-11(10)7-4-2/h6-7H,3-5,8-9H2,1-2H3/b10-6-,11-7-. The maximum Gasteiger partial charge on any atom is -0.0276 e. The lowest BCUT2D eigenvalue weighted by Crippen LogP contribution is -1.78. The van der Waals surface area contributed by atoms with E-state index in [2.05, 4.69) is 26.0 Å². The van der Waals surface area contributed by atoms with Crippen LogP contribution in [0.2, 0.25) is 0 Å². The van der Waals surface area contributed by atoms with Gasteiger partial charge in [-0.1, -0.05) is 26.0 Å². The number of allylic oxidation sites excluding steroid dienone is 4. The Bertz CT molecular complexity index is 152. The van der Waals surface area contributed by atoms with Gasteiger partial charge in [-0.3, -0.25) is 0 Å². The summed E-state index contributed by atoms with van der Waals surface area (Å²) in [5, 5.41) is 0. The summed E-state index contributed by atoms with van der Waals surface area (Å²) < 4.78 is 0. The highest BCUT2D eigenvalue weighted by Gasteiger charge is 2.11. The molecule has 0 atom stereocenters. The summed E-state index contributed by atoms with van der Waals surface area (Å²) in [7, 11) is 0. The van der Waals surface area contributed by atoms with Crippen molar-refractivity contribution in [1.29, 1.82) is 0 Å². The second kappa shape index (κ2) is 4.38. The highest BCUT2D eigenvalue weighted by atomic mass is 14.2. The van der Waals surface area contributed by atoms with Gasteiger partial charge in [-0.05, 0) is 43.3 Å². The van der Waals surface area contributed by atoms with Crippen molar-refractivity contribution < 1.29 is 0 Å². The molecule has 1 aliphatic rings. The molecule has 1 aliphatic carbocycles. The molecule has 0 amide bonds. The van der Waals surface area contributed by atoms with Crippen LogP contribution in [0, 0.1) is 0 Å². The molecule has 0 aromatic rings. The lowest BCUT2D eigenvalue weighted by atomic mass is 10.1. The summed E-state index contributed by atoms with van der Waals surface area (Å²) in [6.07, 6.45) is 11.2. The molecule has 62 valence electrons. The minimum absolute atomic E-state index is 1.19. The second-order valence-electron chi connectivity index (χ2n) is 3.13. The summed E-state index contributed by atoms with van der Waals surface area (Å²) in [6, 6.07) is 0. The average Bonchev–Trinajstić information content (AvgIpc) is 2.39. The van der Waals surface area contributed by atoms with Crippen molar-refractivity contribution in [2.45, 2.75) is 46.0 Å². The van der Waals surface area contributed by atoms with E-state index in [9.17, 15) is 0 Å². The monoisotopic (exact) mass is 150 g/mol. The maximum atomic E-state index is 2.38. The molecule has 0 unspecified atom stereocenters. The average molecular weight is 150 g/mol. The van der Waals surface area contributed by atoms with Crippen LogP contribution in [0.1, 0.15) is 46.0 Å². The topological polar surface area (TPSA) is 0 Å². The van der Waals surface area contributed by atoms with E-state index in [4.69, 9.17) is 0 Å². The van der Waals surface area contributed by atoms with Gasteiger partial charge in [-0.2, -0.15) is 0 Å². The van der Waals surface area contributed by atoms with E-state index in [1.165, 1.54) is 32.1 Å². The Hall–Kier alpha value is -0.520. The first-order valence-electron chi connectivity index (χ1n) is 4.77. The minimum atomic E-state index is 1.19. The van der Waals surface area contributed by atoms with Gasteiger partial charge >= 0.3 is 0 Å². The van der Waals surface area contributed by atoms with Crippen molar-refractivity contribution in [2.75, 3.05) is 0 Å². The summed E-state index contributed by atoms with van der Waals surface area (Å²) in [4.78, 5) is 0. The van der Waals surface area contributed by atoms with E-state index in [1.54, 1.807) is 11.1 Å². The molecule has 0 saturated heterocycles. The number of hydrogen-bond acceptors (Lipinski definition) is 0. The Morgan fingerprint density at radius 2 is 1.45 bits per heavy atom. The zero-order chi connectivity index (χ0) is 8.10. The fourth-order valence-corrected chi connectivity index (χ4v) is 1.75. The van der Waals surface area contributed by atoms with E-state index >= 15 is 0 Å². The first-order chi connectivity index (χ1) is 5.38. The van der Waals surface area contributed by atoms with Crippen LogP contribution in [0.15, 0.2) is 23.3 Å². The van der Waals surface area contributed by atoms with Gasteiger partial charge in [0.25, 0.3) is 0 Å². The van der Waals surface area contributed by atoms with Crippen LogP contribution >= 0.6 is 0 Å². The Labute approximate surface area is 70.0 Å². The molecular weight excluding hydrogens is 132 g/mol. The van der Waals surface area contributed by atoms with Crippen LogP contribution in [0.3, 0.4) is 0 Å². The normalized spacial score (nSPS) is 25.3. The summed E-state index contributed by atoms with van der Waals surface area (Å²) in [6.45, 7) is 4.43. The first kappa shape index (κ1) is 8.58. The molecule has 0 heteroatoms. The molecule has 1 fully saturated rings. The quantitative estimate of drug-likeness (QED) is 0.561. The smallest absolute Gasteiger partial charge is 0.0276 e. The highest BCUT2D eigenvalue weighted by Crippen LogP contribution is 2.30. The molecule has 0 radical (unpaired) electrons. The van der Waals surface area contributed by atoms with E-state index in [0.717, 1.165) is 0 Å². The van der Waals surface area contributed by atoms with Gasteiger partial charge in [0.15, 0.2) is 0 Å². The third-order valence-corrected chi connectivity index (χ3v) is 2.21. The summed E-state index contributed by atoms with van der Waals surface area (Å²) >= 11 is 0. The fourth-order valence-electron chi connectivity index (χ4n) is 1.75. The molecule has 0 heterocycles.